The Morgan fingerprint density at radius 1 is 0.524 bits per heavy atom. The predicted molar refractivity (Wildman–Crippen MR) is 158 cm³/mol. The molecule has 0 heterocycles. The highest BCUT2D eigenvalue weighted by Gasteiger charge is 2.16. The number of methoxy groups -OCH3 is 2. The van der Waals surface area contributed by atoms with Crippen molar-refractivity contribution in [3.8, 4) is 23.0 Å². The van der Waals surface area contributed by atoms with E-state index < -0.39 is 26.3 Å². The molecule has 0 saturated carbocycles. The third-order valence-electron chi connectivity index (χ3n) is 5.68. The molecule has 42 heavy (non-hydrogen) atoms. The molecule has 0 saturated heterocycles. The first kappa shape index (κ1) is 30.2. The summed E-state index contributed by atoms with van der Waals surface area (Å²) >= 11 is 0. The quantitative estimate of drug-likeness (QED) is 0.207. The number of carbonyl (C=O) groups excluding carboxylic acids is 1. The Balaban J connectivity index is 1.26. The summed E-state index contributed by atoms with van der Waals surface area (Å²) in [7, 11) is -4.78. The number of carbonyl (C=O) groups is 1. The van der Waals surface area contributed by atoms with E-state index in [0.29, 0.717) is 34.0 Å². The topological polar surface area (TPSA) is 146 Å². The van der Waals surface area contributed by atoms with E-state index in [9.17, 15) is 21.6 Å². The third-order valence-corrected chi connectivity index (χ3v) is 7.94. The van der Waals surface area contributed by atoms with E-state index in [1.807, 2.05) is 0 Å². The Morgan fingerprint density at radius 2 is 0.833 bits per heavy atom. The summed E-state index contributed by atoms with van der Waals surface area (Å²) in [4.78, 5) is 12.4. The van der Waals surface area contributed by atoms with Crippen LogP contribution in [0.25, 0.3) is 0 Å². The fourth-order valence-corrected chi connectivity index (χ4v) is 5.81. The van der Waals surface area contributed by atoms with Gasteiger partial charge in [-0.25, -0.2) is 4.79 Å². The maximum absolute atomic E-state index is 12.4. The van der Waals surface area contributed by atoms with Crippen molar-refractivity contribution >= 4 is 37.6 Å². The number of amides is 2. The molecular weight excluding hydrogens is 584 g/mol. The molecule has 0 aliphatic rings. The van der Waals surface area contributed by atoms with Crippen LogP contribution in [0.5, 0.6) is 23.0 Å². The van der Waals surface area contributed by atoms with Crippen molar-refractivity contribution in [1.29, 1.82) is 0 Å². The molecule has 0 spiro atoms. The lowest BCUT2D eigenvalue weighted by Gasteiger charge is -2.11. The van der Waals surface area contributed by atoms with Crippen molar-refractivity contribution in [1.82, 2.24) is 0 Å². The Morgan fingerprint density at radius 3 is 1.14 bits per heavy atom. The van der Waals surface area contributed by atoms with Crippen molar-refractivity contribution in [3.63, 3.8) is 0 Å². The summed E-state index contributed by atoms with van der Waals surface area (Å²) in [5, 5.41) is 5.23. The van der Waals surface area contributed by atoms with Crippen LogP contribution in [-0.4, -0.2) is 37.1 Å². The molecule has 0 aromatic heterocycles. The van der Waals surface area contributed by atoms with Crippen molar-refractivity contribution in [2.45, 2.75) is 11.5 Å². The molecule has 0 unspecified atom stereocenters. The van der Waals surface area contributed by atoms with Crippen LogP contribution in [0.4, 0.5) is 16.2 Å². The number of benzene rings is 4. The second-order valence-corrected chi connectivity index (χ2v) is 12.0. The fraction of sp³-hybridized carbons (Fsp3) is 0.138. The molecule has 4 aromatic carbocycles. The lowest BCUT2D eigenvalue weighted by molar-refractivity contribution is 0.262. The zero-order valence-corrected chi connectivity index (χ0v) is 24.3. The van der Waals surface area contributed by atoms with E-state index in [2.05, 4.69) is 10.6 Å². The van der Waals surface area contributed by atoms with Gasteiger partial charge in [-0.15, -0.1) is 0 Å². The van der Waals surface area contributed by atoms with Gasteiger partial charge in [0.05, 0.1) is 14.2 Å². The van der Waals surface area contributed by atoms with Gasteiger partial charge in [-0.05, 0) is 83.9 Å². The van der Waals surface area contributed by atoms with Crippen LogP contribution in [0.15, 0.2) is 97.1 Å². The number of rotatable bonds is 12. The number of anilines is 2. The number of nitrogens with one attached hydrogen (secondary N) is 2. The number of hydrogen-bond acceptors (Lipinski definition) is 9. The minimum Gasteiger partial charge on any atom is -0.497 e. The predicted octanol–water partition coefficient (Wildman–Crippen LogP) is 5.17. The largest absolute Gasteiger partial charge is 0.497 e. The maximum Gasteiger partial charge on any atom is 0.323 e. The summed E-state index contributed by atoms with van der Waals surface area (Å²) in [6.07, 6.45) is 0. The van der Waals surface area contributed by atoms with Gasteiger partial charge >= 0.3 is 26.3 Å². The highest BCUT2D eigenvalue weighted by atomic mass is 32.2. The molecule has 2 amide bonds. The third kappa shape index (κ3) is 9.14. The van der Waals surface area contributed by atoms with Crippen molar-refractivity contribution in [2.24, 2.45) is 0 Å². The van der Waals surface area contributed by atoms with Crippen LogP contribution in [-0.2, 0) is 31.7 Å². The average Bonchev–Trinajstić information content (AvgIpc) is 2.95. The zero-order chi connectivity index (χ0) is 30.2. The lowest BCUT2D eigenvalue weighted by Crippen LogP contribution is -2.19. The zero-order valence-electron chi connectivity index (χ0n) is 22.6. The van der Waals surface area contributed by atoms with Crippen LogP contribution in [0.3, 0.4) is 0 Å². The molecule has 0 bridgehead atoms. The molecule has 0 atom stereocenters. The van der Waals surface area contributed by atoms with Crippen LogP contribution < -0.4 is 28.5 Å². The van der Waals surface area contributed by atoms with Gasteiger partial charge in [-0.1, -0.05) is 24.3 Å². The first-order chi connectivity index (χ1) is 20.0. The monoisotopic (exact) mass is 612 g/mol. The highest BCUT2D eigenvalue weighted by Crippen LogP contribution is 2.22. The number of ether oxygens (including phenoxy) is 2. The summed E-state index contributed by atoms with van der Waals surface area (Å²) in [5.74, 6) is 0.763. The Labute approximate surface area is 244 Å². The van der Waals surface area contributed by atoms with E-state index in [1.165, 1.54) is 62.8 Å². The van der Waals surface area contributed by atoms with Crippen LogP contribution in [0.1, 0.15) is 11.1 Å². The smallest absolute Gasteiger partial charge is 0.323 e. The summed E-state index contributed by atoms with van der Waals surface area (Å²) in [6.45, 7) is 0. The van der Waals surface area contributed by atoms with Gasteiger partial charge in [-0.3, -0.25) is 0 Å². The van der Waals surface area contributed by atoms with Gasteiger partial charge in [0.1, 0.15) is 34.5 Å². The highest BCUT2D eigenvalue weighted by molar-refractivity contribution is 7.86. The fourth-order valence-electron chi connectivity index (χ4n) is 3.69. The van der Waals surface area contributed by atoms with Gasteiger partial charge in [-0.2, -0.15) is 16.8 Å². The van der Waals surface area contributed by atoms with Gasteiger partial charge in [0, 0.05) is 11.4 Å². The Hall–Kier alpha value is -4.75. The summed E-state index contributed by atoms with van der Waals surface area (Å²) in [5.41, 5.74) is 1.86. The van der Waals surface area contributed by atoms with Gasteiger partial charge in [0.2, 0.25) is 0 Å². The minimum atomic E-state index is -3.91. The molecule has 0 radical (unpaired) electrons. The Kier molecular flexibility index (Phi) is 9.55. The van der Waals surface area contributed by atoms with Gasteiger partial charge in [0.25, 0.3) is 0 Å². The van der Waals surface area contributed by atoms with Crippen molar-refractivity contribution < 1.29 is 39.5 Å². The Bertz CT molecular complexity index is 1580. The molecular formula is C29H28N2O9S2. The molecule has 2 N–H and O–H groups in total. The number of hydrogen-bond donors (Lipinski definition) is 2. The van der Waals surface area contributed by atoms with E-state index in [-0.39, 0.29) is 23.0 Å². The molecule has 11 nitrogen and oxygen atoms in total. The molecule has 0 fully saturated rings. The SMILES string of the molecule is COc1ccc(CS(=O)(=O)Oc2ccc(NC(=O)Nc3ccc(OS(=O)(=O)Cc4ccc(OC)cc4)cc3)cc2)cc1. The van der Waals surface area contributed by atoms with Crippen LogP contribution in [0, 0.1) is 0 Å². The van der Waals surface area contributed by atoms with E-state index in [0.717, 1.165) is 0 Å². The second kappa shape index (κ2) is 13.3. The standard InChI is InChI=1S/C29H28N2O9S2/c1-37-25-11-3-21(4-12-25)19-41(33,34)39-27-15-7-23(8-16-27)30-29(32)31-24-9-17-28(18-10-24)40-42(35,36)20-22-5-13-26(38-2)14-6-22/h3-18H,19-20H2,1-2H3,(H2,30,31,32). The molecule has 0 aliphatic carbocycles. The number of urea groups is 1. The molecule has 4 aromatic rings. The van der Waals surface area contributed by atoms with E-state index in [4.69, 9.17) is 17.8 Å². The minimum absolute atomic E-state index is 0.0898. The lowest BCUT2D eigenvalue weighted by atomic mass is 10.2. The van der Waals surface area contributed by atoms with Crippen LogP contribution in [0.2, 0.25) is 0 Å². The molecule has 13 heteroatoms. The first-order valence-corrected chi connectivity index (χ1v) is 15.6. The molecule has 4 rings (SSSR count). The van der Waals surface area contributed by atoms with Crippen molar-refractivity contribution in [3.05, 3.63) is 108 Å². The summed E-state index contributed by atoms with van der Waals surface area (Å²) < 4.78 is 70.1. The average molecular weight is 613 g/mol. The van der Waals surface area contributed by atoms with Gasteiger partial charge < -0.3 is 28.5 Å². The second-order valence-electron chi connectivity index (χ2n) is 8.89. The molecule has 220 valence electrons. The van der Waals surface area contributed by atoms with E-state index in [1.54, 1.807) is 48.5 Å². The van der Waals surface area contributed by atoms with Crippen molar-refractivity contribution in [2.75, 3.05) is 24.9 Å². The van der Waals surface area contributed by atoms with Gasteiger partial charge in [0.15, 0.2) is 0 Å². The first-order valence-electron chi connectivity index (χ1n) is 12.4. The molecule has 0 aliphatic heterocycles. The van der Waals surface area contributed by atoms with Crippen LogP contribution >= 0.6 is 0 Å². The normalized spacial score (nSPS) is 11.3. The summed E-state index contributed by atoms with van der Waals surface area (Å²) in [6, 6.07) is 24.2. The van der Waals surface area contributed by atoms with E-state index >= 15 is 0 Å². The maximum atomic E-state index is 12.4.